The lowest BCUT2D eigenvalue weighted by Gasteiger charge is -2.04. The van der Waals surface area contributed by atoms with E-state index < -0.39 is 5.82 Å². The fourth-order valence-corrected chi connectivity index (χ4v) is 1.73. The van der Waals surface area contributed by atoms with E-state index in [0.29, 0.717) is 18.4 Å². The van der Waals surface area contributed by atoms with E-state index in [4.69, 9.17) is 0 Å². The lowest BCUT2D eigenvalue weighted by molar-refractivity contribution is -0.115. The molecule has 4 heteroatoms. The second-order valence-corrected chi connectivity index (χ2v) is 3.54. The normalized spacial score (nSPS) is 13.5. The van der Waals surface area contributed by atoms with E-state index >= 15 is 0 Å². The molecule has 1 aromatic carbocycles. The molecular weight excluding hydrogens is 197 g/mol. The van der Waals surface area contributed by atoms with Crippen LogP contribution in [-0.2, 0) is 22.4 Å². The summed E-state index contributed by atoms with van der Waals surface area (Å²) in [6.45, 7) is 0. The summed E-state index contributed by atoms with van der Waals surface area (Å²) in [6.07, 6.45) is 1.91. The summed E-state index contributed by atoms with van der Waals surface area (Å²) in [6, 6.07) is 3.15. The highest BCUT2D eigenvalue weighted by Gasteiger charge is 2.21. The van der Waals surface area contributed by atoms with Crippen LogP contribution in [0.2, 0.25) is 0 Å². The second kappa shape index (κ2) is 3.81. The number of anilines is 1. The van der Waals surface area contributed by atoms with Crippen LogP contribution in [0, 0.1) is 5.82 Å². The Bertz CT molecular complexity index is 429. The van der Waals surface area contributed by atoms with Crippen LogP contribution in [0.4, 0.5) is 10.1 Å². The highest BCUT2D eigenvalue weighted by molar-refractivity contribution is 5.99. The molecule has 2 rings (SSSR count). The minimum atomic E-state index is -0.417. The molecule has 1 amide bonds. The first-order valence-electron chi connectivity index (χ1n) is 4.75. The van der Waals surface area contributed by atoms with Crippen molar-refractivity contribution in [3.63, 3.8) is 0 Å². The molecule has 1 heterocycles. The van der Waals surface area contributed by atoms with Gasteiger partial charge in [0.2, 0.25) is 5.91 Å². The molecule has 0 atom stereocenters. The van der Waals surface area contributed by atoms with Crippen LogP contribution in [0.25, 0.3) is 0 Å². The summed E-state index contributed by atoms with van der Waals surface area (Å²) < 4.78 is 13.4. The molecule has 0 bridgehead atoms. The lowest BCUT2D eigenvalue weighted by Crippen LogP contribution is -2.04. The highest BCUT2D eigenvalue weighted by atomic mass is 19.1. The number of rotatable bonds is 3. The number of hydrogen-bond acceptors (Lipinski definition) is 2. The van der Waals surface area contributed by atoms with Crippen LogP contribution in [0.15, 0.2) is 12.1 Å². The molecule has 1 aromatic rings. The first kappa shape index (κ1) is 9.83. The molecule has 0 unspecified atom stereocenters. The van der Waals surface area contributed by atoms with Crippen molar-refractivity contribution < 1.29 is 14.0 Å². The van der Waals surface area contributed by atoms with Gasteiger partial charge >= 0.3 is 0 Å². The predicted octanol–water partition coefficient (Wildman–Crippen LogP) is 1.45. The number of amides is 1. The van der Waals surface area contributed by atoms with Crippen LogP contribution in [0.5, 0.6) is 0 Å². The average molecular weight is 207 g/mol. The number of benzene rings is 1. The number of halogens is 1. The van der Waals surface area contributed by atoms with Crippen molar-refractivity contribution in [2.45, 2.75) is 19.3 Å². The Morgan fingerprint density at radius 1 is 1.47 bits per heavy atom. The number of fused-ring (bicyclic) bond motifs is 1. The molecule has 15 heavy (non-hydrogen) atoms. The summed E-state index contributed by atoms with van der Waals surface area (Å²) in [5.41, 5.74) is 1.73. The van der Waals surface area contributed by atoms with Crippen LogP contribution in [-0.4, -0.2) is 12.2 Å². The maximum absolute atomic E-state index is 13.4. The quantitative estimate of drug-likeness (QED) is 0.762. The Morgan fingerprint density at radius 3 is 3.00 bits per heavy atom. The Kier molecular flexibility index (Phi) is 2.49. The molecule has 78 valence electrons. The van der Waals surface area contributed by atoms with Gasteiger partial charge in [0.25, 0.3) is 0 Å². The van der Waals surface area contributed by atoms with Crippen molar-refractivity contribution in [1.29, 1.82) is 0 Å². The van der Waals surface area contributed by atoms with Gasteiger partial charge in [0.15, 0.2) is 0 Å². The maximum atomic E-state index is 13.4. The zero-order valence-corrected chi connectivity index (χ0v) is 8.05. The first-order chi connectivity index (χ1) is 7.20. The van der Waals surface area contributed by atoms with E-state index in [1.54, 1.807) is 6.07 Å². The number of carbonyl (C=O) groups excluding carboxylic acids is 2. The van der Waals surface area contributed by atoms with Crippen molar-refractivity contribution in [2.75, 3.05) is 5.32 Å². The molecule has 0 saturated heterocycles. The first-order valence-corrected chi connectivity index (χ1v) is 4.75. The summed E-state index contributed by atoms with van der Waals surface area (Å²) >= 11 is 0. The molecule has 0 aliphatic carbocycles. The minimum absolute atomic E-state index is 0.184. The third kappa shape index (κ3) is 1.88. The zero-order valence-electron chi connectivity index (χ0n) is 8.05. The minimum Gasteiger partial charge on any atom is -0.323 e. The molecule has 3 nitrogen and oxygen atoms in total. The van der Waals surface area contributed by atoms with E-state index in [2.05, 4.69) is 5.32 Å². The van der Waals surface area contributed by atoms with Crippen molar-refractivity contribution in [3.8, 4) is 0 Å². The van der Waals surface area contributed by atoms with Gasteiger partial charge in [-0.1, -0.05) is 6.07 Å². The summed E-state index contributed by atoms with van der Waals surface area (Å²) in [5, 5.41) is 2.47. The van der Waals surface area contributed by atoms with Gasteiger partial charge in [-0.2, -0.15) is 0 Å². The number of carbonyl (C=O) groups is 2. The van der Waals surface area contributed by atoms with Gasteiger partial charge in [-0.15, -0.1) is 0 Å². The Balaban J connectivity index is 2.31. The Hall–Kier alpha value is -1.71. The SMILES string of the molecule is O=CCCc1cc(F)c2c(c1)CC(=O)N2. The van der Waals surface area contributed by atoms with Crippen LogP contribution < -0.4 is 5.32 Å². The fourth-order valence-electron chi connectivity index (χ4n) is 1.73. The van der Waals surface area contributed by atoms with E-state index in [1.165, 1.54) is 6.07 Å². The van der Waals surface area contributed by atoms with Gasteiger partial charge in [0, 0.05) is 6.42 Å². The van der Waals surface area contributed by atoms with Gasteiger partial charge in [0.1, 0.15) is 12.1 Å². The second-order valence-electron chi connectivity index (χ2n) is 3.54. The van der Waals surface area contributed by atoms with E-state index in [0.717, 1.165) is 11.8 Å². The van der Waals surface area contributed by atoms with Crippen LogP contribution in [0.3, 0.4) is 0 Å². The molecular formula is C11H10FNO2. The largest absolute Gasteiger partial charge is 0.323 e. The van der Waals surface area contributed by atoms with Crippen LogP contribution >= 0.6 is 0 Å². The zero-order chi connectivity index (χ0) is 10.8. The fraction of sp³-hybridized carbons (Fsp3) is 0.273. The van der Waals surface area contributed by atoms with Crippen molar-refractivity contribution in [3.05, 3.63) is 29.1 Å². The smallest absolute Gasteiger partial charge is 0.228 e. The number of aldehydes is 1. The topological polar surface area (TPSA) is 46.2 Å². The number of nitrogens with one attached hydrogen (secondary N) is 1. The monoisotopic (exact) mass is 207 g/mol. The lowest BCUT2D eigenvalue weighted by atomic mass is 10.0. The van der Waals surface area contributed by atoms with Crippen molar-refractivity contribution in [2.24, 2.45) is 0 Å². The van der Waals surface area contributed by atoms with Gasteiger partial charge < -0.3 is 10.1 Å². The third-order valence-corrected chi connectivity index (χ3v) is 2.40. The Labute approximate surface area is 86.3 Å². The summed E-state index contributed by atoms with van der Waals surface area (Å²) in [5.74, 6) is -0.601. The number of aryl methyl sites for hydroxylation is 1. The average Bonchev–Trinajstić information content (AvgIpc) is 2.56. The van der Waals surface area contributed by atoms with E-state index in [1.807, 2.05) is 0 Å². The third-order valence-electron chi connectivity index (χ3n) is 2.40. The molecule has 1 N–H and O–H groups in total. The van der Waals surface area contributed by atoms with Gasteiger partial charge in [-0.3, -0.25) is 4.79 Å². The Morgan fingerprint density at radius 2 is 2.27 bits per heavy atom. The molecule has 0 saturated carbocycles. The van der Waals surface area contributed by atoms with Crippen molar-refractivity contribution in [1.82, 2.24) is 0 Å². The van der Waals surface area contributed by atoms with Crippen LogP contribution in [0.1, 0.15) is 17.5 Å². The molecule has 0 aromatic heterocycles. The summed E-state index contributed by atoms with van der Waals surface area (Å²) in [4.78, 5) is 21.2. The molecule has 1 aliphatic heterocycles. The highest BCUT2D eigenvalue weighted by Crippen LogP contribution is 2.27. The van der Waals surface area contributed by atoms with E-state index in [-0.39, 0.29) is 18.0 Å². The molecule has 0 fully saturated rings. The van der Waals surface area contributed by atoms with Gasteiger partial charge in [-0.25, -0.2) is 4.39 Å². The van der Waals surface area contributed by atoms with Crippen molar-refractivity contribution >= 4 is 17.9 Å². The molecule has 0 radical (unpaired) electrons. The standard InChI is InChI=1S/C11H10FNO2/c12-9-5-7(2-1-3-14)4-8-6-10(15)13-11(8)9/h3-5H,1-2,6H2,(H,13,15). The summed E-state index contributed by atoms with van der Waals surface area (Å²) in [7, 11) is 0. The molecule has 0 spiro atoms. The van der Waals surface area contributed by atoms with Gasteiger partial charge in [-0.05, 0) is 23.6 Å². The molecule has 1 aliphatic rings. The maximum Gasteiger partial charge on any atom is 0.228 e. The predicted molar refractivity (Wildman–Crippen MR) is 53.1 cm³/mol. The van der Waals surface area contributed by atoms with Gasteiger partial charge in [0.05, 0.1) is 12.1 Å². The number of hydrogen-bond donors (Lipinski definition) is 1. The van der Waals surface area contributed by atoms with E-state index in [9.17, 15) is 14.0 Å².